The molecule has 0 atom stereocenters. The summed E-state index contributed by atoms with van der Waals surface area (Å²) in [6.45, 7) is 1.67. The average molecular weight is 413 g/mol. The van der Waals surface area contributed by atoms with Crippen LogP contribution in [0.3, 0.4) is 0 Å². The van der Waals surface area contributed by atoms with Gasteiger partial charge in [0.15, 0.2) is 0 Å². The fourth-order valence-electron chi connectivity index (χ4n) is 4.20. The summed E-state index contributed by atoms with van der Waals surface area (Å²) in [6.07, 6.45) is 5.16. The van der Waals surface area contributed by atoms with Gasteiger partial charge >= 0.3 is 0 Å². The summed E-state index contributed by atoms with van der Waals surface area (Å²) in [5, 5.41) is 16.6. The predicted molar refractivity (Wildman–Crippen MR) is 110 cm³/mol. The zero-order valence-corrected chi connectivity index (χ0v) is 16.6. The van der Waals surface area contributed by atoms with Gasteiger partial charge in [-0.25, -0.2) is 4.68 Å². The van der Waals surface area contributed by atoms with Crippen LogP contribution in [-0.2, 0) is 11.3 Å². The van der Waals surface area contributed by atoms with Crippen molar-refractivity contribution in [3.8, 4) is 11.5 Å². The van der Waals surface area contributed by atoms with Gasteiger partial charge in [0.1, 0.15) is 23.7 Å². The highest BCUT2D eigenvalue weighted by molar-refractivity contribution is 5.90. The van der Waals surface area contributed by atoms with Crippen molar-refractivity contribution in [1.29, 1.82) is 0 Å². The van der Waals surface area contributed by atoms with Crippen molar-refractivity contribution in [2.45, 2.75) is 18.5 Å². The molecule has 6 rings (SSSR count). The molecule has 0 bridgehead atoms. The molecule has 2 aliphatic heterocycles. The topological polar surface area (TPSA) is 91.0 Å². The van der Waals surface area contributed by atoms with E-state index in [2.05, 4.69) is 20.5 Å². The van der Waals surface area contributed by atoms with Crippen LogP contribution in [0.25, 0.3) is 0 Å². The van der Waals surface area contributed by atoms with Crippen LogP contribution >= 0.6 is 0 Å². The van der Waals surface area contributed by atoms with Gasteiger partial charge in [0, 0.05) is 24.2 Å². The number of benzene rings is 2. The highest BCUT2D eigenvalue weighted by Gasteiger charge is 2.40. The number of ether oxygens (including phenoxy) is 1. The summed E-state index contributed by atoms with van der Waals surface area (Å²) < 4.78 is 7.85. The molecule has 0 unspecified atom stereocenters. The lowest BCUT2D eigenvalue weighted by Gasteiger charge is -2.41. The number of rotatable bonds is 4. The number of carbonyl (C=O) groups is 1. The van der Waals surface area contributed by atoms with Crippen molar-refractivity contribution in [1.82, 2.24) is 34.9 Å². The molecule has 0 aliphatic carbocycles. The molecule has 1 fully saturated rings. The standard InChI is InChI=1S/C22H19N7O2/c30-22(21-17-5-1-3-7-19(17)31-20-8-4-2-6-18(20)21)27-13-16(14-27)28-11-15(25-26-28)12-29-23-9-10-24-29/h1-11,16,21H,12-14H2. The predicted octanol–water partition coefficient (Wildman–Crippen LogP) is 2.24. The molecule has 4 heterocycles. The van der Waals surface area contributed by atoms with Crippen LogP contribution in [0.15, 0.2) is 67.1 Å². The molecule has 0 spiro atoms. The molecule has 1 saturated heterocycles. The Bertz CT molecular complexity index is 1200. The Balaban J connectivity index is 1.20. The minimum Gasteiger partial charge on any atom is -0.457 e. The number of amides is 1. The first kappa shape index (κ1) is 17.8. The van der Waals surface area contributed by atoms with Crippen LogP contribution in [-0.4, -0.2) is 53.9 Å². The molecule has 2 aromatic heterocycles. The van der Waals surface area contributed by atoms with Crippen LogP contribution < -0.4 is 4.74 Å². The second-order valence-electron chi connectivity index (χ2n) is 7.76. The smallest absolute Gasteiger partial charge is 0.235 e. The number of hydrogen-bond donors (Lipinski definition) is 0. The number of likely N-dealkylation sites (tertiary alicyclic amines) is 1. The second-order valence-corrected chi connectivity index (χ2v) is 7.76. The maximum atomic E-state index is 13.5. The van der Waals surface area contributed by atoms with Crippen molar-refractivity contribution in [3.63, 3.8) is 0 Å². The number of nitrogens with zero attached hydrogens (tertiary/aromatic N) is 7. The van der Waals surface area contributed by atoms with Crippen molar-refractivity contribution in [2.75, 3.05) is 13.1 Å². The molecule has 1 amide bonds. The van der Waals surface area contributed by atoms with Crippen LogP contribution in [0.4, 0.5) is 0 Å². The van der Waals surface area contributed by atoms with Crippen LogP contribution in [0.2, 0.25) is 0 Å². The van der Waals surface area contributed by atoms with Gasteiger partial charge in [-0.05, 0) is 12.1 Å². The molecule has 0 N–H and O–H groups in total. The van der Waals surface area contributed by atoms with E-state index >= 15 is 0 Å². The number of aromatic nitrogens is 6. The molecule has 9 heteroatoms. The Labute approximate surface area is 177 Å². The third-order valence-electron chi connectivity index (χ3n) is 5.80. The third kappa shape index (κ3) is 3.05. The van der Waals surface area contributed by atoms with Crippen molar-refractivity contribution >= 4 is 5.91 Å². The third-order valence-corrected chi connectivity index (χ3v) is 5.80. The fraction of sp³-hybridized carbons (Fsp3) is 0.227. The SMILES string of the molecule is O=C(C1c2ccccc2Oc2ccccc21)N1CC(n2cc(Cn3nccn3)nn2)C1. The maximum Gasteiger partial charge on any atom is 0.235 e. The summed E-state index contributed by atoms with van der Waals surface area (Å²) >= 11 is 0. The van der Waals surface area contributed by atoms with Crippen molar-refractivity contribution < 1.29 is 9.53 Å². The zero-order valence-electron chi connectivity index (χ0n) is 16.6. The largest absolute Gasteiger partial charge is 0.457 e. The van der Waals surface area contributed by atoms with E-state index in [4.69, 9.17) is 4.74 Å². The summed E-state index contributed by atoms with van der Waals surface area (Å²) in [4.78, 5) is 16.9. The van der Waals surface area contributed by atoms with E-state index in [1.807, 2.05) is 64.3 Å². The van der Waals surface area contributed by atoms with Gasteiger partial charge in [-0.2, -0.15) is 15.0 Å². The lowest BCUT2D eigenvalue weighted by molar-refractivity contribution is -0.138. The van der Waals surface area contributed by atoms with Gasteiger partial charge < -0.3 is 9.64 Å². The van der Waals surface area contributed by atoms with Gasteiger partial charge in [-0.15, -0.1) is 5.10 Å². The van der Waals surface area contributed by atoms with Gasteiger partial charge in [0.05, 0.1) is 30.6 Å². The molecule has 31 heavy (non-hydrogen) atoms. The molecule has 0 saturated carbocycles. The van der Waals surface area contributed by atoms with Crippen LogP contribution in [0, 0.1) is 0 Å². The fourth-order valence-corrected chi connectivity index (χ4v) is 4.20. The Morgan fingerprint density at radius 1 is 0.968 bits per heavy atom. The second kappa shape index (κ2) is 7.05. The molecule has 154 valence electrons. The molecule has 2 aliphatic rings. The van der Waals surface area contributed by atoms with Crippen LogP contribution in [0.1, 0.15) is 28.8 Å². The quantitative estimate of drug-likeness (QED) is 0.510. The molecule has 4 aromatic rings. The first-order valence-corrected chi connectivity index (χ1v) is 10.2. The van der Waals surface area contributed by atoms with Crippen LogP contribution in [0.5, 0.6) is 11.5 Å². The number of fused-ring (bicyclic) bond motifs is 2. The molecule has 0 radical (unpaired) electrons. The van der Waals surface area contributed by atoms with Gasteiger partial charge in [0.2, 0.25) is 5.91 Å². The van der Waals surface area contributed by atoms with E-state index in [9.17, 15) is 4.79 Å². The normalized spacial score (nSPS) is 15.7. The van der Waals surface area contributed by atoms with E-state index in [1.165, 1.54) is 0 Å². The number of carbonyl (C=O) groups excluding carboxylic acids is 1. The zero-order chi connectivity index (χ0) is 20.8. The lowest BCUT2D eigenvalue weighted by atomic mass is 9.86. The molecule has 9 nitrogen and oxygen atoms in total. The summed E-state index contributed by atoms with van der Waals surface area (Å²) in [6, 6.07) is 15.6. The first-order chi connectivity index (χ1) is 15.3. The average Bonchev–Trinajstić information content (AvgIpc) is 3.43. The number of hydrogen-bond acceptors (Lipinski definition) is 6. The Hall–Kier alpha value is -4.01. The summed E-state index contributed by atoms with van der Waals surface area (Å²) in [7, 11) is 0. The van der Waals surface area contributed by atoms with Crippen molar-refractivity contribution in [3.05, 3.63) is 83.9 Å². The van der Waals surface area contributed by atoms with Gasteiger partial charge in [0.25, 0.3) is 0 Å². The Morgan fingerprint density at radius 3 is 2.29 bits per heavy atom. The maximum absolute atomic E-state index is 13.5. The first-order valence-electron chi connectivity index (χ1n) is 10.2. The van der Waals surface area contributed by atoms with E-state index < -0.39 is 0 Å². The Kier molecular flexibility index (Phi) is 4.05. The van der Waals surface area contributed by atoms with E-state index in [0.29, 0.717) is 19.6 Å². The van der Waals surface area contributed by atoms with E-state index in [1.54, 1.807) is 17.2 Å². The lowest BCUT2D eigenvalue weighted by Crippen LogP contribution is -2.52. The van der Waals surface area contributed by atoms with E-state index in [-0.39, 0.29) is 17.9 Å². The minimum atomic E-state index is -0.362. The minimum absolute atomic E-state index is 0.0838. The molecular formula is C22H19N7O2. The summed E-state index contributed by atoms with van der Waals surface area (Å²) in [5.74, 6) is 1.20. The van der Waals surface area contributed by atoms with E-state index in [0.717, 1.165) is 28.3 Å². The van der Waals surface area contributed by atoms with Gasteiger partial charge in [-0.1, -0.05) is 41.6 Å². The Morgan fingerprint density at radius 2 is 1.61 bits per heavy atom. The highest BCUT2D eigenvalue weighted by atomic mass is 16.5. The number of para-hydroxylation sites is 2. The van der Waals surface area contributed by atoms with Gasteiger partial charge in [-0.3, -0.25) is 4.79 Å². The monoisotopic (exact) mass is 413 g/mol. The molecular weight excluding hydrogens is 394 g/mol. The van der Waals surface area contributed by atoms with Crippen molar-refractivity contribution in [2.24, 2.45) is 0 Å². The highest BCUT2D eigenvalue weighted by Crippen LogP contribution is 2.45. The molecule has 2 aromatic carbocycles. The summed E-state index contributed by atoms with van der Waals surface area (Å²) in [5.41, 5.74) is 2.60.